The van der Waals surface area contributed by atoms with Gasteiger partial charge in [-0.05, 0) is 42.5 Å². The average Bonchev–Trinajstić information content (AvgIpc) is 3.00. The van der Waals surface area contributed by atoms with Gasteiger partial charge in [0.1, 0.15) is 5.52 Å². The van der Waals surface area contributed by atoms with Crippen molar-refractivity contribution in [3.63, 3.8) is 0 Å². The molecular formula is C21H12N4. The van der Waals surface area contributed by atoms with Crippen molar-refractivity contribution >= 4 is 33.1 Å². The zero-order valence-corrected chi connectivity index (χ0v) is 13.2. The number of para-hydroxylation sites is 3. The normalized spacial score (nSPS) is 11.2. The maximum Gasteiger partial charge on any atom is 0.165 e. The number of nitrogens with zero attached hydrogens (tertiary/aromatic N) is 4. The van der Waals surface area contributed by atoms with E-state index < -0.39 is 0 Å². The Balaban J connectivity index is 1.95. The number of nitriles is 1. The third kappa shape index (κ3) is 2.00. The van der Waals surface area contributed by atoms with Crippen molar-refractivity contribution in [2.45, 2.75) is 0 Å². The molecule has 116 valence electrons. The molecule has 0 atom stereocenters. The molecule has 2 heterocycles. The minimum Gasteiger partial charge on any atom is -0.293 e. The van der Waals surface area contributed by atoms with Crippen LogP contribution in [0.4, 0.5) is 0 Å². The predicted octanol–water partition coefficient (Wildman–Crippen LogP) is 4.60. The van der Waals surface area contributed by atoms with Crippen LogP contribution in [-0.2, 0) is 0 Å². The van der Waals surface area contributed by atoms with Gasteiger partial charge in [-0.15, -0.1) is 0 Å². The van der Waals surface area contributed by atoms with Crippen LogP contribution in [0.25, 0.3) is 38.8 Å². The van der Waals surface area contributed by atoms with Crippen molar-refractivity contribution in [3.05, 3.63) is 78.4 Å². The number of hydrogen-bond donors (Lipinski definition) is 0. The largest absolute Gasteiger partial charge is 0.293 e. The Morgan fingerprint density at radius 3 is 2.20 bits per heavy atom. The van der Waals surface area contributed by atoms with Crippen molar-refractivity contribution < 1.29 is 0 Å². The highest BCUT2D eigenvalue weighted by atomic mass is 15.1. The Bertz CT molecular complexity index is 1290. The smallest absolute Gasteiger partial charge is 0.165 e. The maximum atomic E-state index is 9.04. The van der Waals surface area contributed by atoms with Gasteiger partial charge in [0, 0.05) is 11.1 Å². The lowest BCUT2D eigenvalue weighted by Crippen LogP contribution is -1.96. The molecule has 5 rings (SSSR count). The van der Waals surface area contributed by atoms with Crippen LogP contribution >= 0.6 is 0 Å². The lowest BCUT2D eigenvalue weighted by Gasteiger charge is -2.07. The first-order valence-electron chi connectivity index (χ1n) is 8.01. The van der Waals surface area contributed by atoms with Crippen LogP contribution in [0.3, 0.4) is 0 Å². The van der Waals surface area contributed by atoms with Gasteiger partial charge in [0.2, 0.25) is 0 Å². The van der Waals surface area contributed by atoms with Gasteiger partial charge in [0.25, 0.3) is 0 Å². The van der Waals surface area contributed by atoms with Crippen LogP contribution in [0.5, 0.6) is 0 Å². The van der Waals surface area contributed by atoms with Crippen molar-refractivity contribution in [1.82, 2.24) is 14.5 Å². The first kappa shape index (κ1) is 13.7. The van der Waals surface area contributed by atoms with Gasteiger partial charge in [-0.3, -0.25) is 4.57 Å². The van der Waals surface area contributed by atoms with E-state index in [1.807, 2.05) is 60.7 Å². The van der Waals surface area contributed by atoms with E-state index in [0.717, 1.165) is 38.8 Å². The van der Waals surface area contributed by atoms with Crippen molar-refractivity contribution in [3.8, 4) is 11.8 Å². The Morgan fingerprint density at radius 2 is 1.44 bits per heavy atom. The van der Waals surface area contributed by atoms with Crippen molar-refractivity contribution in [2.75, 3.05) is 0 Å². The van der Waals surface area contributed by atoms with Gasteiger partial charge >= 0.3 is 0 Å². The molecule has 4 heteroatoms. The van der Waals surface area contributed by atoms with Gasteiger partial charge < -0.3 is 0 Å². The second-order valence-electron chi connectivity index (χ2n) is 5.90. The van der Waals surface area contributed by atoms with Crippen LogP contribution in [0, 0.1) is 11.3 Å². The highest BCUT2D eigenvalue weighted by Crippen LogP contribution is 2.30. The standard InChI is InChI=1S/C21H12N4/c22-13-14-9-11-15(12-10-14)25-19-8-4-1-5-16(19)20-21(25)24-18-7-3-2-6-17(18)23-20/h1-12H. The molecule has 25 heavy (non-hydrogen) atoms. The topological polar surface area (TPSA) is 54.5 Å². The molecular weight excluding hydrogens is 308 g/mol. The molecule has 0 aliphatic heterocycles. The Morgan fingerprint density at radius 1 is 0.760 bits per heavy atom. The van der Waals surface area contributed by atoms with E-state index in [2.05, 4.69) is 22.8 Å². The lowest BCUT2D eigenvalue weighted by molar-refractivity contribution is 1.14. The van der Waals surface area contributed by atoms with Gasteiger partial charge in [-0.1, -0.05) is 30.3 Å². The number of hydrogen-bond acceptors (Lipinski definition) is 3. The molecule has 2 aromatic heterocycles. The number of benzene rings is 3. The summed E-state index contributed by atoms with van der Waals surface area (Å²) in [6.45, 7) is 0. The minimum absolute atomic E-state index is 0.640. The number of aromatic nitrogens is 3. The summed E-state index contributed by atoms with van der Waals surface area (Å²) < 4.78 is 2.10. The van der Waals surface area contributed by atoms with Gasteiger partial charge in [-0.2, -0.15) is 5.26 Å². The molecule has 0 fully saturated rings. The molecule has 0 aliphatic rings. The molecule has 5 aromatic rings. The van der Waals surface area contributed by atoms with Gasteiger partial charge in [-0.25, -0.2) is 9.97 Å². The monoisotopic (exact) mass is 320 g/mol. The molecule has 0 saturated heterocycles. The number of fused-ring (bicyclic) bond motifs is 4. The third-order valence-electron chi connectivity index (χ3n) is 4.42. The average molecular weight is 320 g/mol. The van der Waals surface area contributed by atoms with Crippen molar-refractivity contribution in [1.29, 1.82) is 5.26 Å². The minimum atomic E-state index is 0.640. The molecule has 0 N–H and O–H groups in total. The molecule has 0 aliphatic carbocycles. The van der Waals surface area contributed by atoms with E-state index in [9.17, 15) is 0 Å². The third-order valence-corrected chi connectivity index (χ3v) is 4.42. The van der Waals surface area contributed by atoms with Crippen LogP contribution in [0.15, 0.2) is 72.8 Å². The second kappa shape index (κ2) is 5.15. The zero-order valence-electron chi connectivity index (χ0n) is 13.2. The summed E-state index contributed by atoms with van der Waals surface area (Å²) >= 11 is 0. The van der Waals surface area contributed by atoms with E-state index in [0.29, 0.717) is 5.56 Å². The van der Waals surface area contributed by atoms with E-state index >= 15 is 0 Å². The summed E-state index contributed by atoms with van der Waals surface area (Å²) in [4.78, 5) is 9.72. The molecule has 0 radical (unpaired) electrons. The molecule has 4 nitrogen and oxygen atoms in total. The SMILES string of the molecule is N#Cc1ccc(-n2c3ccccc3c3nc4ccccc4nc32)cc1. The molecule has 3 aromatic carbocycles. The highest BCUT2D eigenvalue weighted by molar-refractivity contribution is 6.07. The quantitative estimate of drug-likeness (QED) is 0.453. The fraction of sp³-hybridized carbons (Fsp3) is 0. The molecule has 0 unspecified atom stereocenters. The van der Waals surface area contributed by atoms with Crippen LogP contribution in [0.1, 0.15) is 5.56 Å². The lowest BCUT2D eigenvalue weighted by atomic mass is 10.2. The zero-order chi connectivity index (χ0) is 16.8. The highest BCUT2D eigenvalue weighted by Gasteiger charge is 2.15. The van der Waals surface area contributed by atoms with E-state index in [1.54, 1.807) is 0 Å². The molecule has 0 saturated carbocycles. The van der Waals surface area contributed by atoms with E-state index in [1.165, 1.54) is 0 Å². The van der Waals surface area contributed by atoms with Gasteiger partial charge in [0.05, 0.1) is 28.2 Å². The van der Waals surface area contributed by atoms with E-state index in [-0.39, 0.29) is 0 Å². The summed E-state index contributed by atoms with van der Waals surface area (Å²) in [5.74, 6) is 0. The van der Waals surface area contributed by atoms with E-state index in [4.69, 9.17) is 15.2 Å². The Labute approximate surface area is 143 Å². The number of rotatable bonds is 1. The van der Waals surface area contributed by atoms with Crippen LogP contribution in [-0.4, -0.2) is 14.5 Å². The first-order valence-corrected chi connectivity index (χ1v) is 8.01. The summed E-state index contributed by atoms with van der Waals surface area (Å²) in [6, 6.07) is 25.8. The Kier molecular flexibility index (Phi) is 2.82. The summed E-state index contributed by atoms with van der Waals surface area (Å²) in [5.41, 5.74) is 6.13. The summed E-state index contributed by atoms with van der Waals surface area (Å²) in [5, 5.41) is 10.1. The maximum absolute atomic E-state index is 9.04. The Hall–Kier alpha value is -3.71. The van der Waals surface area contributed by atoms with Crippen LogP contribution in [0.2, 0.25) is 0 Å². The summed E-state index contributed by atoms with van der Waals surface area (Å²) in [7, 11) is 0. The molecule has 0 bridgehead atoms. The first-order chi connectivity index (χ1) is 12.3. The second-order valence-corrected chi connectivity index (χ2v) is 5.90. The van der Waals surface area contributed by atoms with Gasteiger partial charge in [0.15, 0.2) is 5.65 Å². The fourth-order valence-electron chi connectivity index (χ4n) is 3.26. The fourth-order valence-corrected chi connectivity index (χ4v) is 3.26. The van der Waals surface area contributed by atoms with Crippen LogP contribution < -0.4 is 0 Å². The predicted molar refractivity (Wildman–Crippen MR) is 98.6 cm³/mol. The van der Waals surface area contributed by atoms with Crippen molar-refractivity contribution in [2.24, 2.45) is 0 Å². The molecule has 0 spiro atoms. The summed E-state index contributed by atoms with van der Waals surface area (Å²) in [6.07, 6.45) is 0. The molecule has 0 amide bonds.